The molecule has 0 radical (unpaired) electrons. The normalized spacial score (nSPS) is 10.7. The summed E-state index contributed by atoms with van der Waals surface area (Å²) in [4.78, 5) is -0.00369. The monoisotopic (exact) mass is 332 g/mol. The molecule has 0 heterocycles. The predicted octanol–water partition coefficient (Wildman–Crippen LogP) is 1.48. The molecular formula is C9H5IN2O2S. The van der Waals surface area contributed by atoms with Crippen molar-refractivity contribution in [2.45, 2.75) is 10.1 Å². The summed E-state index contributed by atoms with van der Waals surface area (Å²) in [5.41, 5.74) is 0. The molecule has 0 saturated carbocycles. The molecule has 1 aromatic carbocycles. The van der Waals surface area contributed by atoms with Crippen LogP contribution in [-0.4, -0.2) is 13.7 Å². The van der Waals surface area contributed by atoms with Crippen LogP contribution in [0.4, 0.5) is 0 Å². The minimum atomic E-state index is -3.84. The SMILES string of the molecule is N#CC(C#N)S(=O)(=O)c1ccc(I)cc1. The Morgan fingerprint density at radius 3 is 2.00 bits per heavy atom. The summed E-state index contributed by atoms with van der Waals surface area (Å²) in [6.07, 6.45) is 0. The second-order valence-electron chi connectivity index (χ2n) is 2.64. The highest BCUT2D eigenvalue weighted by Gasteiger charge is 2.26. The van der Waals surface area contributed by atoms with E-state index in [-0.39, 0.29) is 4.90 Å². The molecule has 0 aromatic heterocycles. The zero-order valence-electron chi connectivity index (χ0n) is 7.38. The summed E-state index contributed by atoms with van der Waals surface area (Å²) in [6.45, 7) is 0. The first-order chi connectivity index (χ1) is 7.02. The van der Waals surface area contributed by atoms with Crippen molar-refractivity contribution in [3.8, 4) is 12.1 Å². The second-order valence-corrected chi connectivity index (χ2v) is 5.92. The third-order valence-electron chi connectivity index (χ3n) is 1.69. The molecule has 0 spiro atoms. The quantitative estimate of drug-likeness (QED) is 0.768. The predicted molar refractivity (Wildman–Crippen MR) is 61.4 cm³/mol. The summed E-state index contributed by atoms with van der Waals surface area (Å²) >= 11 is 2.04. The molecule has 0 aliphatic heterocycles. The molecule has 0 aliphatic carbocycles. The Hall–Kier alpha value is -1.12. The number of nitriles is 2. The zero-order valence-corrected chi connectivity index (χ0v) is 10.4. The van der Waals surface area contributed by atoms with Gasteiger partial charge in [0, 0.05) is 3.57 Å². The molecule has 15 heavy (non-hydrogen) atoms. The van der Waals surface area contributed by atoms with Crippen molar-refractivity contribution in [3.63, 3.8) is 0 Å². The van der Waals surface area contributed by atoms with Crippen LogP contribution in [0.25, 0.3) is 0 Å². The first-order valence-corrected chi connectivity index (χ1v) is 6.43. The van der Waals surface area contributed by atoms with Crippen molar-refractivity contribution in [3.05, 3.63) is 27.8 Å². The minimum Gasteiger partial charge on any atom is -0.221 e. The van der Waals surface area contributed by atoms with Gasteiger partial charge in [-0.05, 0) is 46.9 Å². The molecule has 0 saturated heterocycles. The maximum Gasteiger partial charge on any atom is 0.237 e. The van der Waals surface area contributed by atoms with E-state index in [2.05, 4.69) is 0 Å². The van der Waals surface area contributed by atoms with Crippen LogP contribution in [0.15, 0.2) is 29.2 Å². The molecule has 0 amide bonds. The number of sulfone groups is 1. The number of benzene rings is 1. The van der Waals surface area contributed by atoms with Crippen molar-refractivity contribution in [2.24, 2.45) is 0 Å². The molecule has 76 valence electrons. The highest BCUT2D eigenvalue weighted by Crippen LogP contribution is 2.16. The summed E-state index contributed by atoms with van der Waals surface area (Å²) in [5, 5.41) is 15.4. The number of halogens is 1. The van der Waals surface area contributed by atoms with Gasteiger partial charge in [0.25, 0.3) is 0 Å². The molecule has 0 unspecified atom stereocenters. The summed E-state index contributed by atoms with van der Waals surface area (Å²) in [6, 6.07) is 8.90. The zero-order chi connectivity index (χ0) is 11.5. The number of hydrogen-bond acceptors (Lipinski definition) is 4. The van der Waals surface area contributed by atoms with Gasteiger partial charge in [0.2, 0.25) is 15.1 Å². The molecule has 0 bridgehead atoms. The van der Waals surface area contributed by atoms with Crippen LogP contribution in [0, 0.1) is 26.2 Å². The van der Waals surface area contributed by atoms with E-state index in [1.165, 1.54) is 24.3 Å². The van der Waals surface area contributed by atoms with Crippen LogP contribution >= 0.6 is 22.6 Å². The van der Waals surface area contributed by atoms with Gasteiger partial charge in [-0.2, -0.15) is 10.5 Å². The number of rotatable bonds is 2. The van der Waals surface area contributed by atoms with Crippen LogP contribution in [0.1, 0.15) is 0 Å². The third kappa shape index (κ3) is 2.46. The fourth-order valence-electron chi connectivity index (χ4n) is 0.928. The first kappa shape index (κ1) is 12.0. The standard InChI is InChI=1S/C9H5IN2O2S/c10-7-1-3-8(4-2-7)15(13,14)9(5-11)6-12/h1-4,9H. The fourth-order valence-corrected chi connectivity index (χ4v) is 2.35. The largest absolute Gasteiger partial charge is 0.237 e. The molecule has 0 fully saturated rings. The van der Waals surface area contributed by atoms with Crippen LogP contribution < -0.4 is 0 Å². The molecular weight excluding hydrogens is 327 g/mol. The Kier molecular flexibility index (Phi) is 3.66. The van der Waals surface area contributed by atoms with Gasteiger partial charge in [-0.1, -0.05) is 0 Å². The van der Waals surface area contributed by atoms with E-state index in [4.69, 9.17) is 10.5 Å². The Bertz CT molecular complexity index is 523. The fraction of sp³-hybridized carbons (Fsp3) is 0.111. The van der Waals surface area contributed by atoms with E-state index in [1.54, 1.807) is 12.1 Å². The maximum absolute atomic E-state index is 11.7. The van der Waals surface area contributed by atoms with Gasteiger partial charge >= 0.3 is 0 Å². The van der Waals surface area contributed by atoms with E-state index in [9.17, 15) is 8.42 Å². The maximum atomic E-state index is 11.7. The third-order valence-corrected chi connectivity index (χ3v) is 4.17. The van der Waals surface area contributed by atoms with E-state index < -0.39 is 15.1 Å². The van der Waals surface area contributed by atoms with Crippen molar-refractivity contribution in [1.82, 2.24) is 0 Å². The Balaban J connectivity index is 3.26. The van der Waals surface area contributed by atoms with Gasteiger partial charge < -0.3 is 0 Å². The molecule has 6 heteroatoms. The Labute approximate surface area is 101 Å². The summed E-state index contributed by atoms with van der Waals surface area (Å²) in [5.74, 6) is 0. The molecule has 4 nitrogen and oxygen atoms in total. The molecule has 1 rings (SSSR count). The van der Waals surface area contributed by atoms with Crippen molar-refractivity contribution >= 4 is 32.4 Å². The van der Waals surface area contributed by atoms with E-state index in [0.717, 1.165) is 3.57 Å². The Morgan fingerprint density at radius 2 is 1.60 bits per heavy atom. The van der Waals surface area contributed by atoms with Crippen molar-refractivity contribution in [2.75, 3.05) is 0 Å². The van der Waals surface area contributed by atoms with Gasteiger partial charge in [-0.15, -0.1) is 0 Å². The van der Waals surface area contributed by atoms with E-state index >= 15 is 0 Å². The molecule has 0 aliphatic rings. The lowest BCUT2D eigenvalue weighted by molar-refractivity contribution is 0.595. The lowest BCUT2D eigenvalue weighted by Gasteiger charge is -2.03. The average molecular weight is 332 g/mol. The van der Waals surface area contributed by atoms with Crippen LogP contribution in [0.5, 0.6) is 0 Å². The van der Waals surface area contributed by atoms with Crippen LogP contribution in [0.3, 0.4) is 0 Å². The second kappa shape index (κ2) is 4.60. The smallest absolute Gasteiger partial charge is 0.221 e. The number of nitrogens with zero attached hydrogens (tertiary/aromatic N) is 2. The highest BCUT2D eigenvalue weighted by molar-refractivity contribution is 14.1. The van der Waals surface area contributed by atoms with E-state index in [0.29, 0.717) is 0 Å². The van der Waals surface area contributed by atoms with Gasteiger partial charge in [-0.3, -0.25) is 0 Å². The van der Waals surface area contributed by atoms with Gasteiger partial charge in [0.15, 0.2) is 0 Å². The lowest BCUT2D eigenvalue weighted by atomic mass is 10.4. The molecule has 0 atom stereocenters. The molecule has 0 N–H and O–H groups in total. The van der Waals surface area contributed by atoms with Gasteiger partial charge in [0.05, 0.1) is 17.0 Å². The number of hydrogen-bond donors (Lipinski definition) is 0. The summed E-state index contributed by atoms with van der Waals surface area (Å²) in [7, 11) is -3.84. The topological polar surface area (TPSA) is 81.7 Å². The van der Waals surface area contributed by atoms with Gasteiger partial charge in [-0.25, -0.2) is 8.42 Å². The molecule has 1 aromatic rings. The Morgan fingerprint density at radius 1 is 1.13 bits per heavy atom. The minimum absolute atomic E-state index is 0.00369. The first-order valence-electron chi connectivity index (χ1n) is 3.81. The highest BCUT2D eigenvalue weighted by atomic mass is 127. The van der Waals surface area contributed by atoms with Crippen LogP contribution in [0.2, 0.25) is 0 Å². The van der Waals surface area contributed by atoms with Crippen molar-refractivity contribution < 1.29 is 8.42 Å². The summed E-state index contributed by atoms with van der Waals surface area (Å²) < 4.78 is 24.2. The van der Waals surface area contributed by atoms with Crippen molar-refractivity contribution in [1.29, 1.82) is 10.5 Å². The van der Waals surface area contributed by atoms with Crippen LogP contribution in [-0.2, 0) is 9.84 Å². The average Bonchev–Trinajstić information content (AvgIpc) is 2.19. The lowest BCUT2D eigenvalue weighted by Crippen LogP contribution is -2.17. The van der Waals surface area contributed by atoms with E-state index in [1.807, 2.05) is 22.6 Å². The van der Waals surface area contributed by atoms with Gasteiger partial charge in [0.1, 0.15) is 0 Å².